The molecule has 2 aromatic rings. The Kier molecular flexibility index (Phi) is 7.88. The quantitative estimate of drug-likeness (QED) is 0.385. The van der Waals surface area contributed by atoms with Crippen LogP contribution in [-0.2, 0) is 13.6 Å². The largest absolute Gasteiger partial charge is 0.365 e. The number of aryl methyl sites for hydroxylation is 1. The zero-order valence-corrected chi connectivity index (χ0v) is 17.9. The van der Waals surface area contributed by atoms with Crippen molar-refractivity contribution >= 4 is 35.6 Å². The summed E-state index contributed by atoms with van der Waals surface area (Å²) >= 11 is 0. The molecule has 0 amide bonds. The summed E-state index contributed by atoms with van der Waals surface area (Å²) in [7, 11) is 1.98. The van der Waals surface area contributed by atoms with Crippen molar-refractivity contribution in [3.63, 3.8) is 0 Å². The van der Waals surface area contributed by atoms with Crippen LogP contribution in [0.1, 0.15) is 18.9 Å². The van der Waals surface area contributed by atoms with Gasteiger partial charge in [0.2, 0.25) is 0 Å². The molecular formula is C19H26F2IN5. The highest BCUT2D eigenvalue weighted by Crippen LogP contribution is 2.26. The molecule has 1 aromatic carbocycles. The first-order chi connectivity index (χ1) is 12.6. The van der Waals surface area contributed by atoms with Gasteiger partial charge in [-0.25, -0.2) is 13.8 Å². The van der Waals surface area contributed by atoms with Crippen molar-refractivity contribution in [2.24, 2.45) is 12.0 Å². The number of rotatable bonds is 5. The molecule has 0 bridgehead atoms. The van der Waals surface area contributed by atoms with Crippen molar-refractivity contribution in [2.45, 2.75) is 25.9 Å². The van der Waals surface area contributed by atoms with Crippen LogP contribution in [0.5, 0.6) is 0 Å². The number of hydrogen-bond donors (Lipinski definition) is 2. The molecule has 1 unspecified atom stereocenters. The second kappa shape index (κ2) is 9.91. The highest BCUT2D eigenvalue weighted by Gasteiger charge is 2.27. The molecule has 0 aliphatic carbocycles. The molecule has 5 nitrogen and oxygen atoms in total. The minimum atomic E-state index is -0.518. The maximum absolute atomic E-state index is 14.0. The summed E-state index contributed by atoms with van der Waals surface area (Å²) in [4.78, 5) is 6.36. The van der Waals surface area contributed by atoms with Crippen LogP contribution < -0.4 is 15.5 Å². The van der Waals surface area contributed by atoms with Crippen molar-refractivity contribution in [3.05, 3.63) is 53.9 Å². The predicted octanol–water partition coefficient (Wildman–Crippen LogP) is 3.26. The number of benzene rings is 1. The summed E-state index contributed by atoms with van der Waals surface area (Å²) in [5, 5.41) is 6.61. The standard InChI is InChI=1S/C19H25F2N5.HI/c1-3-22-19(23-11-14-7-9-25(2)12-14)24-15-8-10-26(13-15)18-16(20)5-4-6-17(18)21;/h4-7,9,12,15H,3,8,10-11,13H2,1-2H3,(H2,22,23,24);1H. The van der Waals surface area contributed by atoms with Crippen LogP contribution >= 0.6 is 24.0 Å². The molecule has 1 aliphatic rings. The Labute approximate surface area is 175 Å². The molecule has 0 radical (unpaired) electrons. The summed E-state index contributed by atoms with van der Waals surface area (Å²) in [6.45, 7) is 4.48. The third-order valence-electron chi connectivity index (χ3n) is 4.44. The summed E-state index contributed by atoms with van der Waals surface area (Å²) in [6, 6.07) is 6.10. The highest BCUT2D eigenvalue weighted by atomic mass is 127. The van der Waals surface area contributed by atoms with E-state index in [4.69, 9.17) is 0 Å². The number of aliphatic imine (C=N–C) groups is 1. The molecule has 0 spiro atoms. The zero-order valence-electron chi connectivity index (χ0n) is 15.6. The number of aromatic nitrogens is 1. The Morgan fingerprint density at radius 2 is 2.00 bits per heavy atom. The number of halogens is 3. The topological polar surface area (TPSA) is 44.6 Å². The lowest BCUT2D eigenvalue weighted by Crippen LogP contribution is -2.44. The summed E-state index contributed by atoms with van der Waals surface area (Å²) in [5.41, 5.74) is 1.19. The Morgan fingerprint density at radius 1 is 1.26 bits per heavy atom. The van der Waals surface area contributed by atoms with E-state index >= 15 is 0 Å². The van der Waals surface area contributed by atoms with Crippen molar-refractivity contribution in [1.29, 1.82) is 0 Å². The van der Waals surface area contributed by atoms with Crippen LogP contribution in [0.4, 0.5) is 14.5 Å². The molecule has 0 saturated carbocycles. The van der Waals surface area contributed by atoms with Gasteiger partial charge in [0, 0.05) is 45.1 Å². The van der Waals surface area contributed by atoms with Gasteiger partial charge in [0.15, 0.2) is 5.96 Å². The Balaban J connectivity index is 0.00000261. The lowest BCUT2D eigenvalue weighted by atomic mass is 10.2. The number of nitrogens with zero attached hydrogens (tertiary/aromatic N) is 3. The molecule has 1 saturated heterocycles. The van der Waals surface area contributed by atoms with Gasteiger partial charge in [-0.15, -0.1) is 24.0 Å². The highest BCUT2D eigenvalue weighted by molar-refractivity contribution is 14.0. The fourth-order valence-electron chi connectivity index (χ4n) is 3.21. The van der Waals surface area contributed by atoms with E-state index in [2.05, 4.69) is 15.6 Å². The van der Waals surface area contributed by atoms with E-state index in [9.17, 15) is 8.78 Å². The third kappa shape index (κ3) is 5.57. The maximum Gasteiger partial charge on any atom is 0.191 e. The van der Waals surface area contributed by atoms with Crippen molar-refractivity contribution in [3.8, 4) is 0 Å². The summed E-state index contributed by atoms with van der Waals surface area (Å²) in [6.07, 6.45) is 4.82. The Morgan fingerprint density at radius 3 is 2.63 bits per heavy atom. The van der Waals surface area contributed by atoms with Crippen molar-refractivity contribution < 1.29 is 8.78 Å². The van der Waals surface area contributed by atoms with Crippen LogP contribution in [0.2, 0.25) is 0 Å². The smallest absolute Gasteiger partial charge is 0.191 e. The first-order valence-corrected chi connectivity index (χ1v) is 8.91. The van der Waals surface area contributed by atoms with Gasteiger partial charge in [-0.3, -0.25) is 0 Å². The van der Waals surface area contributed by atoms with Gasteiger partial charge in [-0.1, -0.05) is 6.07 Å². The van der Waals surface area contributed by atoms with Crippen LogP contribution in [0.3, 0.4) is 0 Å². The number of para-hydroxylation sites is 1. The lowest BCUT2D eigenvalue weighted by Gasteiger charge is -2.21. The van der Waals surface area contributed by atoms with E-state index in [1.807, 2.05) is 37.0 Å². The third-order valence-corrected chi connectivity index (χ3v) is 4.44. The predicted molar refractivity (Wildman–Crippen MR) is 116 cm³/mol. The van der Waals surface area contributed by atoms with E-state index in [1.54, 1.807) is 4.90 Å². The van der Waals surface area contributed by atoms with E-state index in [-0.39, 0.29) is 35.7 Å². The van der Waals surface area contributed by atoms with E-state index in [0.29, 0.717) is 19.6 Å². The normalized spacial score (nSPS) is 17.0. The first-order valence-electron chi connectivity index (χ1n) is 8.91. The van der Waals surface area contributed by atoms with Gasteiger partial charge < -0.3 is 20.1 Å². The van der Waals surface area contributed by atoms with Gasteiger partial charge in [-0.05, 0) is 37.1 Å². The summed E-state index contributed by atoms with van der Waals surface area (Å²) in [5.74, 6) is -0.317. The van der Waals surface area contributed by atoms with Gasteiger partial charge in [-0.2, -0.15) is 0 Å². The average molecular weight is 489 g/mol. The Hall–Kier alpha value is -1.84. The SMILES string of the molecule is CCNC(=NCc1ccn(C)c1)NC1CCN(c2c(F)cccc2F)C1.I. The summed E-state index contributed by atoms with van der Waals surface area (Å²) < 4.78 is 30.0. The number of anilines is 1. The monoisotopic (exact) mass is 489 g/mol. The molecule has 1 aromatic heterocycles. The minimum absolute atomic E-state index is 0. The zero-order chi connectivity index (χ0) is 18.5. The molecule has 8 heteroatoms. The van der Waals surface area contributed by atoms with E-state index < -0.39 is 11.6 Å². The number of nitrogens with one attached hydrogen (secondary N) is 2. The molecule has 3 rings (SSSR count). The van der Waals surface area contributed by atoms with Gasteiger partial charge in [0.1, 0.15) is 17.3 Å². The molecule has 1 fully saturated rings. The molecule has 148 valence electrons. The second-order valence-corrected chi connectivity index (χ2v) is 6.53. The molecule has 1 atom stereocenters. The van der Waals surface area contributed by atoms with Crippen molar-refractivity contribution in [1.82, 2.24) is 15.2 Å². The molecular weight excluding hydrogens is 463 g/mol. The molecule has 27 heavy (non-hydrogen) atoms. The van der Waals surface area contributed by atoms with Gasteiger partial charge in [0.05, 0.1) is 6.54 Å². The van der Waals surface area contributed by atoms with Crippen LogP contribution in [-0.4, -0.2) is 36.2 Å². The average Bonchev–Trinajstić information content (AvgIpc) is 3.22. The molecule has 2 N–H and O–H groups in total. The van der Waals surface area contributed by atoms with Crippen molar-refractivity contribution in [2.75, 3.05) is 24.5 Å². The van der Waals surface area contributed by atoms with Crippen LogP contribution in [0, 0.1) is 11.6 Å². The Bertz CT molecular complexity index is 757. The van der Waals surface area contributed by atoms with Crippen LogP contribution in [0.25, 0.3) is 0 Å². The van der Waals surface area contributed by atoms with E-state index in [1.165, 1.54) is 18.2 Å². The number of guanidine groups is 1. The fraction of sp³-hybridized carbons (Fsp3) is 0.421. The van der Waals surface area contributed by atoms with Gasteiger partial charge in [0.25, 0.3) is 0 Å². The van der Waals surface area contributed by atoms with Gasteiger partial charge >= 0.3 is 0 Å². The lowest BCUT2D eigenvalue weighted by molar-refractivity contribution is 0.576. The maximum atomic E-state index is 14.0. The second-order valence-electron chi connectivity index (χ2n) is 6.53. The first kappa shape index (κ1) is 21.5. The van der Waals surface area contributed by atoms with E-state index in [0.717, 1.165) is 24.5 Å². The molecule has 1 aliphatic heterocycles. The fourth-order valence-corrected chi connectivity index (χ4v) is 3.21. The molecule has 2 heterocycles. The number of hydrogen-bond acceptors (Lipinski definition) is 2. The minimum Gasteiger partial charge on any atom is -0.365 e. The van der Waals surface area contributed by atoms with Crippen LogP contribution in [0.15, 0.2) is 41.7 Å².